The third kappa shape index (κ3) is 4.33. The average Bonchev–Trinajstić information content (AvgIpc) is 2.71. The van der Waals surface area contributed by atoms with Crippen LogP contribution >= 0.6 is 0 Å². The highest BCUT2D eigenvalue weighted by Gasteiger charge is 2.60. The largest absolute Gasteiger partial charge is 0.369 e. The van der Waals surface area contributed by atoms with E-state index in [9.17, 15) is 18.0 Å². The summed E-state index contributed by atoms with van der Waals surface area (Å²) in [6, 6.07) is 6.01. The number of urea groups is 1. The number of benzene rings is 1. The highest BCUT2D eigenvalue weighted by atomic mass is 32.2. The van der Waals surface area contributed by atoms with Gasteiger partial charge in [-0.05, 0) is 92.4 Å². The predicted molar refractivity (Wildman–Crippen MR) is 129 cm³/mol. The molecule has 5 aliphatic rings. The third-order valence-corrected chi connectivity index (χ3v) is 10.4. The number of carbonyl (C=O) groups is 2. The first kappa shape index (κ1) is 23.6. The zero-order valence-corrected chi connectivity index (χ0v) is 20.9. The highest BCUT2D eigenvalue weighted by Crippen LogP contribution is 2.66. The molecule has 3 atom stereocenters. The van der Waals surface area contributed by atoms with E-state index in [1.54, 1.807) is 12.1 Å². The number of nitrogens with zero attached hydrogens (tertiary/aromatic N) is 1. The van der Waals surface area contributed by atoms with Gasteiger partial charge in [-0.3, -0.25) is 4.79 Å². The Kier molecular flexibility index (Phi) is 5.52. The summed E-state index contributed by atoms with van der Waals surface area (Å²) in [6.07, 6.45) is 8.09. The molecule has 3 unspecified atom stereocenters. The number of rotatable bonds is 5. The minimum absolute atomic E-state index is 0.112. The number of carbonyl (C=O) groups excluding carboxylic acids is 2. The molecular formula is C25H36N4O4S. The van der Waals surface area contributed by atoms with Gasteiger partial charge in [-0.2, -0.15) is 4.31 Å². The molecule has 0 spiro atoms. The second-order valence-electron chi connectivity index (χ2n) is 12.1. The van der Waals surface area contributed by atoms with Crippen LogP contribution in [-0.4, -0.2) is 43.3 Å². The van der Waals surface area contributed by atoms with Crippen LogP contribution in [0.4, 0.5) is 10.5 Å². The Balaban J connectivity index is 1.24. The fourth-order valence-corrected chi connectivity index (χ4v) is 9.77. The maximum Gasteiger partial charge on any atom is 0.319 e. The van der Waals surface area contributed by atoms with Crippen LogP contribution in [0.3, 0.4) is 0 Å². The summed E-state index contributed by atoms with van der Waals surface area (Å²) < 4.78 is 27.4. The van der Waals surface area contributed by atoms with E-state index in [1.165, 1.54) is 35.7 Å². The molecule has 34 heavy (non-hydrogen) atoms. The monoisotopic (exact) mass is 488 g/mol. The molecule has 1 aliphatic heterocycles. The van der Waals surface area contributed by atoms with Gasteiger partial charge in [0.15, 0.2) is 0 Å². The van der Waals surface area contributed by atoms with Gasteiger partial charge in [-0.1, -0.05) is 13.8 Å². The number of primary amides is 1. The number of hydrogen-bond acceptors (Lipinski definition) is 4. The van der Waals surface area contributed by atoms with Gasteiger partial charge in [0.1, 0.15) is 0 Å². The van der Waals surface area contributed by atoms with Crippen molar-refractivity contribution in [1.82, 2.24) is 9.62 Å². The Morgan fingerprint density at radius 3 is 2.26 bits per heavy atom. The lowest BCUT2D eigenvalue weighted by Gasteiger charge is -2.65. The van der Waals surface area contributed by atoms with Crippen molar-refractivity contribution < 1.29 is 18.0 Å². The van der Waals surface area contributed by atoms with Gasteiger partial charge < -0.3 is 16.4 Å². The molecular weight excluding hydrogens is 452 g/mol. The molecule has 9 heteroatoms. The Labute approximate surface area is 202 Å². The maximum atomic E-state index is 13.0. The molecule has 4 N–H and O–H groups in total. The van der Waals surface area contributed by atoms with Crippen molar-refractivity contribution in [2.24, 2.45) is 28.4 Å². The number of sulfonamides is 1. The normalized spacial score (nSPS) is 37.4. The van der Waals surface area contributed by atoms with E-state index in [-0.39, 0.29) is 23.0 Å². The van der Waals surface area contributed by atoms with E-state index in [4.69, 9.17) is 5.73 Å². The van der Waals surface area contributed by atoms with E-state index in [0.29, 0.717) is 41.8 Å². The van der Waals surface area contributed by atoms with Crippen LogP contribution in [0.25, 0.3) is 0 Å². The highest BCUT2D eigenvalue weighted by molar-refractivity contribution is 7.89. The molecule has 4 bridgehead atoms. The van der Waals surface area contributed by atoms with Crippen molar-refractivity contribution in [2.45, 2.75) is 75.6 Å². The second kappa shape index (κ2) is 7.95. The van der Waals surface area contributed by atoms with Crippen molar-refractivity contribution in [3.05, 3.63) is 24.3 Å². The van der Waals surface area contributed by atoms with Crippen molar-refractivity contribution in [1.29, 1.82) is 0 Å². The number of hydrogen-bond donors (Lipinski definition) is 3. The molecule has 1 aromatic carbocycles. The molecule has 1 aromatic rings. The van der Waals surface area contributed by atoms with Gasteiger partial charge in [-0.15, -0.1) is 0 Å². The molecule has 4 saturated carbocycles. The smallest absolute Gasteiger partial charge is 0.319 e. The zero-order valence-electron chi connectivity index (χ0n) is 20.1. The van der Waals surface area contributed by atoms with Crippen molar-refractivity contribution in [2.75, 3.05) is 18.4 Å². The number of nitrogens with one attached hydrogen (secondary N) is 2. The van der Waals surface area contributed by atoms with Gasteiger partial charge in [0, 0.05) is 24.3 Å². The maximum absolute atomic E-state index is 13.0. The van der Waals surface area contributed by atoms with Crippen LogP contribution in [0.2, 0.25) is 0 Å². The Hall–Kier alpha value is -2.13. The summed E-state index contributed by atoms with van der Waals surface area (Å²) in [5.41, 5.74) is 6.40. The van der Waals surface area contributed by atoms with Gasteiger partial charge in [0.05, 0.1) is 10.8 Å². The Morgan fingerprint density at radius 2 is 1.68 bits per heavy atom. The van der Waals surface area contributed by atoms with Crippen LogP contribution in [0.15, 0.2) is 29.2 Å². The average molecular weight is 489 g/mol. The van der Waals surface area contributed by atoms with Crippen molar-refractivity contribution in [3.63, 3.8) is 0 Å². The van der Waals surface area contributed by atoms with Gasteiger partial charge in [-0.25, -0.2) is 13.2 Å². The van der Waals surface area contributed by atoms with E-state index in [0.717, 1.165) is 19.3 Å². The van der Waals surface area contributed by atoms with Gasteiger partial charge >= 0.3 is 6.03 Å². The van der Waals surface area contributed by atoms with Crippen LogP contribution in [0.1, 0.15) is 65.2 Å². The minimum atomic E-state index is -3.73. The van der Waals surface area contributed by atoms with E-state index in [2.05, 4.69) is 24.5 Å². The minimum Gasteiger partial charge on any atom is -0.369 e. The van der Waals surface area contributed by atoms with Crippen molar-refractivity contribution >= 4 is 27.6 Å². The van der Waals surface area contributed by atoms with E-state index < -0.39 is 21.8 Å². The van der Waals surface area contributed by atoms with E-state index in [1.807, 2.05) is 0 Å². The first-order chi connectivity index (χ1) is 15.9. The van der Waals surface area contributed by atoms with Crippen LogP contribution in [-0.2, 0) is 14.8 Å². The summed E-state index contributed by atoms with van der Waals surface area (Å²) in [6.45, 7) is 5.23. The molecule has 1 saturated heterocycles. The van der Waals surface area contributed by atoms with Crippen LogP contribution in [0, 0.1) is 22.7 Å². The van der Waals surface area contributed by atoms with E-state index >= 15 is 0 Å². The summed E-state index contributed by atoms with van der Waals surface area (Å²) in [7, 11) is -3.73. The summed E-state index contributed by atoms with van der Waals surface area (Å²) >= 11 is 0. The summed E-state index contributed by atoms with van der Waals surface area (Å²) in [4.78, 5) is 24.6. The molecule has 1 heterocycles. The Morgan fingerprint density at radius 1 is 1.03 bits per heavy atom. The lowest BCUT2D eigenvalue weighted by atomic mass is 9.43. The SMILES string of the molecule is CC12CC3CC(C)(C1)CC(NC(=O)Nc1ccc(S(=O)(=O)N4CCCC(C(N)=O)C4)cc1)(C3)C2. The molecule has 0 radical (unpaired) electrons. The summed E-state index contributed by atoms with van der Waals surface area (Å²) in [5, 5.41) is 6.22. The number of piperidine rings is 1. The first-order valence-electron chi connectivity index (χ1n) is 12.4. The lowest BCUT2D eigenvalue weighted by Crippen LogP contribution is -2.65. The molecule has 5 fully saturated rings. The molecule has 186 valence electrons. The third-order valence-electron chi connectivity index (χ3n) is 8.54. The second-order valence-corrected chi connectivity index (χ2v) is 14.1. The molecule has 4 aliphatic carbocycles. The number of anilines is 1. The molecule has 3 amide bonds. The first-order valence-corrected chi connectivity index (χ1v) is 13.8. The van der Waals surface area contributed by atoms with Crippen molar-refractivity contribution in [3.8, 4) is 0 Å². The fraction of sp³-hybridized carbons (Fsp3) is 0.680. The van der Waals surface area contributed by atoms with Gasteiger partial charge in [0.2, 0.25) is 15.9 Å². The number of nitrogens with two attached hydrogens (primary N) is 1. The molecule has 0 aromatic heterocycles. The van der Waals surface area contributed by atoms with Crippen LogP contribution in [0.5, 0.6) is 0 Å². The molecule has 6 rings (SSSR count). The standard InChI is InChI=1S/C25H36N4O4S/c1-23-10-17-11-24(2,14-23)16-25(12-17,15-23)28-22(31)27-19-5-7-20(8-6-19)34(32,33)29-9-3-4-18(13-29)21(26)30/h5-8,17-18H,3-4,9-16H2,1-2H3,(H2,26,30)(H2,27,28,31). The van der Waals surface area contributed by atoms with Gasteiger partial charge in [0.25, 0.3) is 0 Å². The lowest BCUT2D eigenvalue weighted by molar-refractivity contribution is -0.122. The predicted octanol–water partition coefficient (Wildman–Crippen LogP) is 3.44. The Bertz CT molecular complexity index is 1080. The zero-order chi connectivity index (χ0) is 24.4. The topological polar surface area (TPSA) is 122 Å². The fourth-order valence-electron chi connectivity index (χ4n) is 8.24. The number of amides is 3. The summed E-state index contributed by atoms with van der Waals surface area (Å²) in [5.74, 6) is -0.241. The molecule has 8 nitrogen and oxygen atoms in total. The quantitative estimate of drug-likeness (QED) is 0.588. The van der Waals surface area contributed by atoms with Crippen LogP contribution < -0.4 is 16.4 Å².